The molecule has 0 saturated heterocycles. The molecule has 3 N–H and O–H groups in total. The summed E-state index contributed by atoms with van der Waals surface area (Å²) < 4.78 is 31.9. The van der Waals surface area contributed by atoms with E-state index in [9.17, 15) is 23.2 Å². The molecular weight excluding hydrogens is 462 g/mol. The van der Waals surface area contributed by atoms with E-state index in [-0.39, 0.29) is 23.9 Å². The van der Waals surface area contributed by atoms with Crippen LogP contribution in [0.25, 0.3) is 11.1 Å². The minimum absolute atomic E-state index is 0.0388. The van der Waals surface area contributed by atoms with E-state index >= 15 is 0 Å². The molecule has 1 heterocycles. The standard InChI is InChI=1S/C24H22F2N4O5/c1-30-21(22(31)28-18(23(32)33)10-20(25)26)19(11-27-30)29-24(34)35-12-17-15-8-4-2-6-13(15)14-7-3-5-9-16(14)17/h2-9,11,17-18,20H,10,12H2,1H3,(H,28,31)(H,29,34)(H,32,33). The number of anilines is 1. The van der Waals surface area contributed by atoms with Crippen molar-refractivity contribution in [2.45, 2.75) is 24.8 Å². The molecule has 3 aromatic rings. The van der Waals surface area contributed by atoms with Gasteiger partial charge in [-0.25, -0.2) is 18.4 Å². The van der Waals surface area contributed by atoms with Crippen molar-refractivity contribution in [1.29, 1.82) is 0 Å². The predicted octanol–water partition coefficient (Wildman–Crippen LogP) is 3.62. The lowest BCUT2D eigenvalue weighted by Gasteiger charge is -2.16. The maximum absolute atomic E-state index is 12.7. The van der Waals surface area contributed by atoms with Gasteiger partial charge in [0.2, 0.25) is 6.43 Å². The number of carbonyl (C=O) groups is 3. The Morgan fingerprint density at radius 1 is 1.09 bits per heavy atom. The number of hydrogen-bond acceptors (Lipinski definition) is 5. The highest BCUT2D eigenvalue weighted by molar-refractivity contribution is 6.02. The Morgan fingerprint density at radius 3 is 2.26 bits per heavy atom. The molecule has 0 radical (unpaired) electrons. The van der Waals surface area contributed by atoms with E-state index in [2.05, 4.69) is 10.4 Å². The Morgan fingerprint density at radius 2 is 1.69 bits per heavy atom. The van der Waals surface area contributed by atoms with Crippen molar-refractivity contribution >= 4 is 23.7 Å². The van der Waals surface area contributed by atoms with E-state index in [1.54, 1.807) is 0 Å². The summed E-state index contributed by atoms with van der Waals surface area (Å²) in [6, 6.07) is 13.9. The number of nitrogens with one attached hydrogen (secondary N) is 2. The van der Waals surface area contributed by atoms with Crippen molar-refractivity contribution in [2.24, 2.45) is 7.05 Å². The number of nitrogens with zero attached hydrogens (tertiary/aromatic N) is 2. The fraction of sp³-hybridized carbons (Fsp3) is 0.250. The Labute approximate surface area is 198 Å². The van der Waals surface area contributed by atoms with Crippen molar-refractivity contribution in [3.63, 3.8) is 0 Å². The maximum Gasteiger partial charge on any atom is 0.411 e. The lowest BCUT2D eigenvalue weighted by Crippen LogP contribution is -2.42. The highest BCUT2D eigenvalue weighted by Crippen LogP contribution is 2.44. The molecule has 182 valence electrons. The summed E-state index contributed by atoms with van der Waals surface area (Å²) in [4.78, 5) is 36.4. The fourth-order valence-electron chi connectivity index (χ4n) is 4.17. The molecule has 0 saturated carbocycles. The van der Waals surface area contributed by atoms with Gasteiger partial charge in [-0.1, -0.05) is 48.5 Å². The van der Waals surface area contributed by atoms with Crippen LogP contribution in [0, 0.1) is 0 Å². The minimum Gasteiger partial charge on any atom is -0.480 e. The quantitative estimate of drug-likeness (QED) is 0.449. The first-order chi connectivity index (χ1) is 16.8. The number of fused-ring (bicyclic) bond motifs is 3. The number of aryl methyl sites for hydroxylation is 1. The molecule has 0 fully saturated rings. The number of aromatic nitrogens is 2. The first kappa shape index (κ1) is 23.9. The SMILES string of the molecule is Cn1ncc(NC(=O)OCC2c3ccccc3-c3ccccc32)c1C(=O)NC(CC(F)F)C(=O)O. The number of aliphatic carboxylic acids is 1. The van der Waals surface area contributed by atoms with Crippen LogP contribution in [0.15, 0.2) is 54.7 Å². The molecule has 2 aromatic carbocycles. The molecule has 0 spiro atoms. The average molecular weight is 484 g/mol. The number of carbonyl (C=O) groups excluding carboxylic acids is 2. The van der Waals surface area contributed by atoms with Crippen LogP contribution in [0.1, 0.15) is 34.0 Å². The van der Waals surface area contributed by atoms with Gasteiger partial charge in [0.1, 0.15) is 18.3 Å². The second kappa shape index (κ2) is 9.92. The van der Waals surface area contributed by atoms with Crippen LogP contribution in [0.5, 0.6) is 0 Å². The molecule has 4 rings (SSSR count). The fourth-order valence-corrected chi connectivity index (χ4v) is 4.17. The summed E-state index contributed by atoms with van der Waals surface area (Å²) >= 11 is 0. The monoisotopic (exact) mass is 484 g/mol. The third kappa shape index (κ3) is 4.98. The lowest BCUT2D eigenvalue weighted by atomic mass is 9.98. The Bertz CT molecular complexity index is 1230. The van der Waals surface area contributed by atoms with Crippen molar-refractivity contribution in [2.75, 3.05) is 11.9 Å². The predicted molar refractivity (Wildman–Crippen MR) is 121 cm³/mol. The highest BCUT2D eigenvalue weighted by Gasteiger charge is 2.30. The third-order valence-corrected chi connectivity index (χ3v) is 5.75. The molecule has 1 aliphatic rings. The van der Waals surface area contributed by atoms with E-state index in [0.717, 1.165) is 26.9 Å². The first-order valence-electron chi connectivity index (χ1n) is 10.7. The second-order valence-electron chi connectivity index (χ2n) is 7.97. The summed E-state index contributed by atoms with van der Waals surface area (Å²) in [5.41, 5.74) is 3.94. The molecule has 1 aliphatic carbocycles. The number of amides is 2. The molecule has 0 bridgehead atoms. The summed E-state index contributed by atoms with van der Waals surface area (Å²) in [6.07, 6.45) is -3.66. The topological polar surface area (TPSA) is 123 Å². The molecule has 11 heteroatoms. The number of rotatable bonds is 8. The summed E-state index contributed by atoms with van der Waals surface area (Å²) in [5, 5.41) is 17.5. The summed E-state index contributed by atoms with van der Waals surface area (Å²) in [6.45, 7) is 0.0388. The van der Waals surface area contributed by atoms with E-state index in [4.69, 9.17) is 9.84 Å². The molecule has 2 amide bonds. The van der Waals surface area contributed by atoms with Gasteiger partial charge < -0.3 is 15.2 Å². The van der Waals surface area contributed by atoms with Crippen LogP contribution in [-0.4, -0.2) is 51.9 Å². The number of carboxylic acid groups (broad SMARTS) is 1. The lowest BCUT2D eigenvalue weighted by molar-refractivity contribution is -0.140. The normalized spacial score (nSPS) is 13.1. The van der Waals surface area contributed by atoms with Crippen LogP contribution in [-0.2, 0) is 16.6 Å². The molecular formula is C24H22F2N4O5. The smallest absolute Gasteiger partial charge is 0.411 e. The van der Waals surface area contributed by atoms with Gasteiger partial charge in [0.15, 0.2) is 0 Å². The van der Waals surface area contributed by atoms with Gasteiger partial charge in [0.25, 0.3) is 5.91 Å². The maximum atomic E-state index is 12.7. The van der Waals surface area contributed by atoms with E-state index < -0.39 is 36.9 Å². The van der Waals surface area contributed by atoms with Gasteiger partial charge in [0, 0.05) is 19.4 Å². The molecule has 9 nitrogen and oxygen atoms in total. The Kier molecular flexibility index (Phi) is 6.76. The Hall–Kier alpha value is -4.28. The van der Waals surface area contributed by atoms with E-state index in [1.165, 1.54) is 13.2 Å². The van der Waals surface area contributed by atoms with Crippen molar-refractivity contribution in [3.8, 4) is 11.1 Å². The van der Waals surface area contributed by atoms with Gasteiger partial charge in [-0.05, 0) is 22.3 Å². The molecule has 0 aliphatic heterocycles. The van der Waals surface area contributed by atoms with Crippen LogP contribution in [0.4, 0.5) is 19.3 Å². The third-order valence-electron chi connectivity index (χ3n) is 5.75. The second-order valence-corrected chi connectivity index (χ2v) is 7.97. The molecule has 1 unspecified atom stereocenters. The van der Waals surface area contributed by atoms with Gasteiger partial charge in [-0.3, -0.25) is 14.8 Å². The van der Waals surface area contributed by atoms with E-state index in [0.29, 0.717) is 0 Å². The summed E-state index contributed by atoms with van der Waals surface area (Å²) in [5.74, 6) is -2.76. The van der Waals surface area contributed by atoms with Crippen molar-refractivity contribution < 1.29 is 33.0 Å². The van der Waals surface area contributed by atoms with Crippen LogP contribution >= 0.6 is 0 Å². The number of alkyl halides is 2. The zero-order chi connectivity index (χ0) is 25.1. The zero-order valence-electron chi connectivity index (χ0n) is 18.6. The highest BCUT2D eigenvalue weighted by atomic mass is 19.3. The van der Waals surface area contributed by atoms with Crippen molar-refractivity contribution in [3.05, 3.63) is 71.5 Å². The number of hydrogen-bond donors (Lipinski definition) is 3. The van der Waals surface area contributed by atoms with Crippen LogP contribution in [0.3, 0.4) is 0 Å². The largest absolute Gasteiger partial charge is 0.480 e. The van der Waals surface area contributed by atoms with Gasteiger partial charge in [-0.15, -0.1) is 0 Å². The van der Waals surface area contributed by atoms with Gasteiger partial charge >= 0.3 is 12.1 Å². The minimum atomic E-state index is -2.93. The number of ether oxygens (including phenoxy) is 1. The van der Waals surface area contributed by atoms with E-state index in [1.807, 2.05) is 53.8 Å². The van der Waals surface area contributed by atoms with Crippen LogP contribution < -0.4 is 10.6 Å². The van der Waals surface area contributed by atoms with Crippen molar-refractivity contribution in [1.82, 2.24) is 15.1 Å². The van der Waals surface area contributed by atoms with Gasteiger partial charge in [-0.2, -0.15) is 5.10 Å². The number of carboxylic acids is 1. The average Bonchev–Trinajstić information content (AvgIpc) is 3.34. The first-order valence-corrected chi connectivity index (χ1v) is 10.7. The van der Waals surface area contributed by atoms with Gasteiger partial charge in [0.05, 0.1) is 11.9 Å². The summed E-state index contributed by atoms with van der Waals surface area (Å²) in [7, 11) is 1.39. The Balaban J connectivity index is 1.45. The number of halogens is 2. The van der Waals surface area contributed by atoms with Crippen LogP contribution in [0.2, 0.25) is 0 Å². The molecule has 35 heavy (non-hydrogen) atoms. The number of benzene rings is 2. The zero-order valence-corrected chi connectivity index (χ0v) is 18.6. The molecule has 1 atom stereocenters. The molecule has 1 aromatic heterocycles.